The summed E-state index contributed by atoms with van der Waals surface area (Å²) in [7, 11) is -4.20. The van der Waals surface area contributed by atoms with Crippen LogP contribution in [0.15, 0.2) is 53.4 Å². The van der Waals surface area contributed by atoms with Crippen LogP contribution in [0.5, 0.6) is 0 Å². The van der Waals surface area contributed by atoms with E-state index < -0.39 is 51.8 Å². The summed E-state index contributed by atoms with van der Waals surface area (Å²) in [5, 5.41) is 21.8. The fourth-order valence-corrected chi connectivity index (χ4v) is 5.66. The summed E-state index contributed by atoms with van der Waals surface area (Å²) in [4.78, 5) is 37.6. The number of hydrogen-bond donors (Lipinski definition) is 3. The molecular weight excluding hydrogens is 448 g/mol. The molecule has 3 N–H and O–H groups in total. The van der Waals surface area contributed by atoms with Gasteiger partial charge in [0.05, 0.1) is 4.90 Å². The monoisotopic (exact) mass is 474 g/mol. The van der Waals surface area contributed by atoms with Gasteiger partial charge in [-0.25, -0.2) is 18.0 Å². The van der Waals surface area contributed by atoms with E-state index in [1.165, 1.54) is 18.2 Å². The summed E-state index contributed by atoms with van der Waals surface area (Å²) in [6.07, 6.45) is -0.539. The third-order valence-electron chi connectivity index (χ3n) is 5.80. The molecule has 0 radical (unpaired) electrons. The highest BCUT2D eigenvalue weighted by Crippen LogP contribution is 2.30. The van der Waals surface area contributed by atoms with Crippen molar-refractivity contribution >= 4 is 27.9 Å². The van der Waals surface area contributed by atoms with Crippen molar-refractivity contribution < 1.29 is 33.0 Å². The Hall–Kier alpha value is -3.24. The van der Waals surface area contributed by atoms with Gasteiger partial charge in [0, 0.05) is 13.0 Å². The lowest BCUT2D eigenvalue weighted by molar-refractivity contribution is -0.161. The smallest absolute Gasteiger partial charge is 0.341 e. The Morgan fingerprint density at radius 2 is 1.58 bits per heavy atom. The fourth-order valence-electron chi connectivity index (χ4n) is 3.96. The van der Waals surface area contributed by atoms with Gasteiger partial charge in [-0.2, -0.15) is 4.31 Å². The minimum atomic E-state index is -4.20. The van der Waals surface area contributed by atoms with E-state index in [2.05, 4.69) is 5.32 Å². The van der Waals surface area contributed by atoms with Gasteiger partial charge in [0.15, 0.2) is 0 Å². The fraction of sp³-hybridized carbons (Fsp3) is 0.348. The first-order chi connectivity index (χ1) is 15.4. The summed E-state index contributed by atoms with van der Waals surface area (Å²) in [6, 6.07) is 11.2. The number of carbonyl (C=O) groups is 3. The van der Waals surface area contributed by atoms with Crippen molar-refractivity contribution in [3.05, 3.63) is 65.2 Å². The van der Waals surface area contributed by atoms with Crippen molar-refractivity contribution in [2.75, 3.05) is 0 Å². The molecule has 1 aliphatic heterocycles. The zero-order chi connectivity index (χ0) is 24.6. The average Bonchev–Trinajstić information content (AvgIpc) is 2.79. The van der Waals surface area contributed by atoms with Gasteiger partial charge >= 0.3 is 11.9 Å². The zero-order valence-electron chi connectivity index (χ0n) is 18.5. The van der Waals surface area contributed by atoms with Gasteiger partial charge in [-0.1, -0.05) is 55.8 Å². The summed E-state index contributed by atoms with van der Waals surface area (Å²) in [6.45, 7) is 4.83. The largest absolute Gasteiger partial charge is 0.479 e. The Balaban J connectivity index is 2.27. The maximum absolute atomic E-state index is 13.7. The Bertz CT molecular complexity index is 1180. The van der Waals surface area contributed by atoms with Gasteiger partial charge in [0.25, 0.3) is 0 Å². The summed E-state index contributed by atoms with van der Waals surface area (Å²) in [5.74, 6) is -5.06. The molecule has 0 bridgehead atoms. The molecule has 2 aromatic carbocycles. The normalized spacial score (nSPS) is 19.0. The molecule has 0 aliphatic carbocycles. The molecule has 1 atom stereocenters. The molecule has 0 aromatic heterocycles. The Morgan fingerprint density at radius 1 is 1.03 bits per heavy atom. The molecule has 10 heteroatoms. The molecular formula is C23H26N2O7S. The Morgan fingerprint density at radius 3 is 2.09 bits per heavy atom. The number of amides is 1. The molecule has 3 rings (SSSR count). The lowest BCUT2D eigenvalue weighted by Gasteiger charge is -2.33. The van der Waals surface area contributed by atoms with Gasteiger partial charge in [-0.05, 0) is 36.1 Å². The number of carbonyl (C=O) groups excluding carboxylic acids is 1. The van der Waals surface area contributed by atoms with Crippen molar-refractivity contribution in [1.82, 2.24) is 9.62 Å². The van der Waals surface area contributed by atoms with Crippen molar-refractivity contribution in [2.24, 2.45) is 5.92 Å². The van der Waals surface area contributed by atoms with Crippen LogP contribution in [0.3, 0.4) is 0 Å². The number of nitrogens with zero attached hydrogens (tertiary/aromatic N) is 1. The van der Waals surface area contributed by atoms with Gasteiger partial charge in [-0.15, -0.1) is 0 Å². The highest BCUT2D eigenvalue weighted by molar-refractivity contribution is 7.89. The van der Waals surface area contributed by atoms with E-state index in [-0.39, 0.29) is 11.4 Å². The summed E-state index contributed by atoms with van der Waals surface area (Å²) >= 11 is 0. The van der Waals surface area contributed by atoms with Gasteiger partial charge in [0.2, 0.25) is 21.5 Å². The topological polar surface area (TPSA) is 141 Å². The second-order valence-corrected chi connectivity index (χ2v) is 10.4. The second-order valence-electron chi connectivity index (χ2n) is 8.50. The van der Waals surface area contributed by atoms with E-state index >= 15 is 0 Å². The molecule has 2 aromatic rings. The summed E-state index contributed by atoms with van der Waals surface area (Å²) < 4.78 is 28.4. The van der Waals surface area contributed by atoms with Gasteiger partial charge < -0.3 is 15.5 Å². The van der Waals surface area contributed by atoms with E-state index in [0.717, 1.165) is 9.87 Å². The van der Waals surface area contributed by atoms with Crippen LogP contribution in [0.25, 0.3) is 0 Å². The number of hydrogen-bond acceptors (Lipinski definition) is 5. The van der Waals surface area contributed by atoms with Crippen molar-refractivity contribution in [3.8, 4) is 0 Å². The molecule has 0 fully saturated rings. The van der Waals surface area contributed by atoms with Crippen molar-refractivity contribution in [3.63, 3.8) is 0 Å². The van der Waals surface area contributed by atoms with Gasteiger partial charge in [-0.3, -0.25) is 4.79 Å². The predicted molar refractivity (Wildman–Crippen MR) is 119 cm³/mol. The number of carboxylic acid groups (broad SMARTS) is 2. The first kappa shape index (κ1) is 24.4. The van der Waals surface area contributed by atoms with Crippen LogP contribution in [-0.4, -0.2) is 52.4 Å². The highest BCUT2D eigenvalue weighted by atomic mass is 32.2. The third-order valence-corrected chi connectivity index (χ3v) is 7.65. The lowest BCUT2D eigenvalue weighted by atomic mass is 9.88. The third kappa shape index (κ3) is 4.49. The standard InChI is InChI=1S/C23H26N2O7S/c1-14(2)19-20(26)24-23(21(27)28,22(29)30)12-16-6-4-5-7-17(16)13-25(19)33(31,32)18-10-8-15(3)9-11-18/h4-11,14,19H,12-13H2,1-3H3,(H,24,26)(H,27,28)(H,29,30)/t19-/m0/s1. The molecule has 0 saturated carbocycles. The Kier molecular flexibility index (Phi) is 6.62. The van der Waals surface area contributed by atoms with Crippen molar-refractivity contribution in [2.45, 2.75) is 50.2 Å². The van der Waals surface area contributed by atoms with Crippen molar-refractivity contribution in [1.29, 1.82) is 0 Å². The molecule has 1 amide bonds. The van der Waals surface area contributed by atoms with E-state index in [0.29, 0.717) is 11.1 Å². The van der Waals surface area contributed by atoms with E-state index in [1.54, 1.807) is 44.2 Å². The number of rotatable bonds is 5. The van der Waals surface area contributed by atoms with Crippen LogP contribution >= 0.6 is 0 Å². The Labute approximate surface area is 192 Å². The minimum absolute atomic E-state index is 0.0222. The van der Waals surface area contributed by atoms with Crippen LogP contribution in [0.2, 0.25) is 0 Å². The molecule has 0 saturated heterocycles. The number of carboxylic acids is 2. The molecule has 1 aliphatic rings. The SMILES string of the molecule is Cc1ccc(S(=O)(=O)N2Cc3ccccc3CC(C(=O)O)(C(=O)O)NC(=O)[C@@H]2C(C)C)cc1. The number of fused-ring (bicyclic) bond motifs is 1. The van der Waals surface area contributed by atoms with Crippen LogP contribution in [0, 0.1) is 12.8 Å². The van der Waals surface area contributed by atoms with Crippen LogP contribution in [0.4, 0.5) is 0 Å². The van der Waals surface area contributed by atoms with Crippen LogP contribution in [-0.2, 0) is 37.4 Å². The van der Waals surface area contributed by atoms with E-state index in [4.69, 9.17) is 0 Å². The number of nitrogens with one attached hydrogen (secondary N) is 1. The quantitative estimate of drug-likeness (QED) is 0.561. The molecule has 0 unspecified atom stereocenters. The maximum atomic E-state index is 13.7. The molecule has 33 heavy (non-hydrogen) atoms. The number of benzene rings is 2. The predicted octanol–water partition coefficient (Wildman–Crippen LogP) is 1.79. The molecule has 0 spiro atoms. The van der Waals surface area contributed by atoms with Crippen LogP contribution < -0.4 is 5.32 Å². The molecule has 9 nitrogen and oxygen atoms in total. The lowest BCUT2D eigenvalue weighted by Crippen LogP contribution is -2.65. The number of aliphatic carboxylic acids is 2. The first-order valence-electron chi connectivity index (χ1n) is 10.3. The van der Waals surface area contributed by atoms with E-state index in [1.807, 2.05) is 6.92 Å². The zero-order valence-corrected chi connectivity index (χ0v) is 19.3. The second kappa shape index (κ2) is 8.95. The van der Waals surface area contributed by atoms with Gasteiger partial charge in [0.1, 0.15) is 6.04 Å². The van der Waals surface area contributed by atoms with Crippen LogP contribution in [0.1, 0.15) is 30.5 Å². The number of aryl methyl sites for hydroxylation is 1. The average molecular weight is 475 g/mol. The molecule has 176 valence electrons. The first-order valence-corrected chi connectivity index (χ1v) is 11.8. The molecule has 1 heterocycles. The summed E-state index contributed by atoms with van der Waals surface area (Å²) in [5.41, 5.74) is -1.06. The minimum Gasteiger partial charge on any atom is -0.479 e. The number of sulfonamides is 1. The van der Waals surface area contributed by atoms with E-state index in [9.17, 15) is 33.0 Å². The highest BCUT2D eigenvalue weighted by Gasteiger charge is 2.52. The maximum Gasteiger partial charge on any atom is 0.341 e.